The molecule has 0 aliphatic heterocycles. The maximum atomic E-state index is 8.79. The van der Waals surface area contributed by atoms with Crippen LogP contribution in [0, 0.1) is 0 Å². The lowest BCUT2D eigenvalue weighted by Gasteiger charge is -2.16. The van der Waals surface area contributed by atoms with E-state index >= 15 is 0 Å². The van der Waals surface area contributed by atoms with Gasteiger partial charge in [-0.25, -0.2) is 9.97 Å². The third kappa shape index (κ3) is 5.23. The van der Waals surface area contributed by atoms with Crippen LogP contribution in [-0.4, -0.2) is 35.3 Å². The van der Waals surface area contributed by atoms with Crippen LogP contribution in [0.25, 0.3) is 0 Å². The van der Waals surface area contributed by atoms with Crippen LogP contribution in [0.15, 0.2) is 30.6 Å². The van der Waals surface area contributed by atoms with Gasteiger partial charge in [-0.2, -0.15) is 0 Å². The lowest BCUT2D eigenvalue weighted by molar-refractivity contribution is 0.285. The average molecular weight is 356 g/mol. The minimum Gasteiger partial charge on any atom is -0.486 e. The summed E-state index contributed by atoms with van der Waals surface area (Å²) < 4.78 is 5.64. The molecular formula is C16H19Cl2N3O2. The maximum Gasteiger partial charge on any atom is 0.225 e. The number of halogens is 2. The molecule has 23 heavy (non-hydrogen) atoms. The number of rotatable bonds is 8. The fourth-order valence-corrected chi connectivity index (χ4v) is 2.47. The zero-order valence-corrected chi connectivity index (χ0v) is 14.4. The lowest BCUT2D eigenvalue weighted by atomic mass is 10.2. The van der Waals surface area contributed by atoms with E-state index in [1.807, 2.05) is 11.9 Å². The van der Waals surface area contributed by atoms with Crippen molar-refractivity contribution in [3.63, 3.8) is 0 Å². The van der Waals surface area contributed by atoms with E-state index in [0.717, 1.165) is 24.9 Å². The Labute approximate surface area is 145 Å². The van der Waals surface area contributed by atoms with Crippen LogP contribution in [0.4, 0.5) is 5.95 Å². The zero-order chi connectivity index (χ0) is 16.7. The Balaban J connectivity index is 1.92. The Kier molecular flexibility index (Phi) is 6.89. The van der Waals surface area contributed by atoms with Crippen molar-refractivity contribution in [3.05, 3.63) is 46.2 Å². The highest BCUT2D eigenvalue weighted by molar-refractivity contribution is 6.35. The Morgan fingerprint density at radius 2 is 1.78 bits per heavy atom. The second-order valence-electron chi connectivity index (χ2n) is 5.06. The van der Waals surface area contributed by atoms with Crippen LogP contribution in [0.2, 0.25) is 10.0 Å². The summed E-state index contributed by atoms with van der Waals surface area (Å²) in [6, 6.07) is 5.33. The number of hydrogen-bond donors (Lipinski definition) is 1. The molecule has 2 rings (SSSR count). The summed E-state index contributed by atoms with van der Waals surface area (Å²) >= 11 is 12.2. The number of unbranched alkanes of at least 4 members (excludes halogenated alkanes) is 1. The van der Waals surface area contributed by atoms with Crippen molar-refractivity contribution < 1.29 is 9.84 Å². The van der Waals surface area contributed by atoms with E-state index < -0.39 is 0 Å². The van der Waals surface area contributed by atoms with Crippen molar-refractivity contribution >= 4 is 29.2 Å². The van der Waals surface area contributed by atoms with Crippen molar-refractivity contribution in [2.75, 3.05) is 25.1 Å². The van der Waals surface area contributed by atoms with E-state index in [2.05, 4.69) is 9.97 Å². The van der Waals surface area contributed by atoms with Gasteiger partial charge >= 0.3 is 0 Å². The monoisotopic (exact) mass is 355 g/mol. The van der Waals surface area contributed by atoms with Gasteiger partial charge in [0.1, 0.15) is 6.61 Å². The van der Waals surface area contributed by atoms with Gasteiger partial charge in [0.15, 0.2) is 5.75 Å². The van der Waals surface area contributed by atoms with Crippen LogP contribution >= 0.6 is 23.2 Å². The quantitative estimate of drug-likeness (QED) is 0.733. The molecule has 0 spiro atoms. The fourth-order valence-electron chi connectivity index (χ4n) is 1.97. The molecule has 1 heterocycles. The van der Waals surface area contributed by atoms with Gasteiger partial charge in [0, 0.05) is 35.8 Å². The lowest BCUT2D eigenvalue weighted by Crippen LogP contribution is -2.21. The molecular weight excluding hydrogens is 337 g/mol. The molecule has 1 N–H and O–H groups in total. The first-order valence-electron chi connectivity index (χ1n) is 7.31. The highest BCUT2D eigenvalue weighted by Crippen LogP contribution is 2.25. The predicted octanol–water partition coefficient (Wildman–Crippen LogP) is 3.57. The summed E-state index contributed by atoms with van der Waals surface area (Å²) in [6.07, 6.45) is 4.90. The summed E-state index contributed by atoms with van der Waals surface area (Å²) in [4.78, 5) is 10.5. The summed E-state index contributed by atoms with van der Waals surface area (Å²) in [7, 11) is 1.91. The number of aliphatic hydroxyl groups excluding tert-OH is 1. The van der Waals surface area contributed by atoms with E-state index in [9.17, 15) is 0 Å². The second-order valence-corrected chi connectivity index (χ2v) is 5.87. The maximum absolute atomic E-state index is 8.79. The first kappa shape index (κ1) is 17.8. The number of aromatic nitrogens is 2. The summed E-state index contributed by atoms with van der Waals surface area (Å²) in [5.41, 5.74) is 0.737. The van der Waals surface area contributed by atoms with E-state index in [1.54, 1.807) is 30.6 Å². The van der Waals surface area contributed by atoms with Crippen molar-refractivity contribution in [3.8, 4) is 5.75 Å². The van der Waals surface area contributed by atoms with Crippen LogP contribution in [-0.2, 0) is 6.61 Å². The van der Waals surface area contributed by atoms with Gasteiger partial charge in [-0.3, -0.25) is 0 Å². The molecule has 5 nitrogen and oxygen atoms in total. The Morgan fingerprint density at radius 1 is 1.13 bits per heavy atom. The van der Waals surface area contributed by atoms with Crippen LogP contribution in [0.5, 0.6) is 5.75 Å². The molecule has 0 radical (unpaired) electrons. The minimum atomic E-state index is 0.200. The van der Waals surface area contributed by atoms with E-state index in [0.29, 0.717) is 21.7 Å². The van der Waals surface area contributed by atoms with Gasteiger partial charge in [-0.1, -0.05) is 29.3 Å². The van der Waals surface area contributed by atoms with Crippen LogP contribution < -0.4 is 9.64 Å². The summed E-state index contributed by atoms with van der Waals surface area (Å²) in [6.45, 7) is 1.25. The topological polar surface area (TPSA) is 58.5 Å². The van der Waals surface area contributed by atoms with Crippen molar-refractivity contribution in [2.45, 2.75) is 19.4 Å². The highest BCUT2D eigenvalue weighted by Gasteiger charge is 2.08. The molecule has 0 saturated carbocycles. The van der Waals surface area contributed by atoms with Gasteiger partial charge < -0.3 is 14.7 Å². The van der Waals surface area contributed by atoms with Gasteiger partial charge in [0.2, 0.25) is 5.95 Å². The molecule has 0 bridgehead atoms. The zero-order valence-electron chi connectivity index (χ0n) is 12.9. The smallest absolute Gasteiger partial charge is 0.225 e. The number of anilines is 1. The molecule has 0 atom stereocenters. The van der Waals surface area contributed by atoms with Crippen LogP contribution in [0.1, 0.15) is 18.4 Å². The van der Waals surface area contributed by atoms with E-state index in [1.165, 1.54) is 0 Å². The van der Waals surface area contributed by atoms with Crippen molar-refractivity contribution in [2.24, 2.45) is 0 Å². The highest BCUT2D eigenvalue weighted by atomic mass is 35.5. The van der Waals surface area contributed by atoms with E-state index in [4.69, 9.17) is 33.0 Å². The Bertz CT molecular complexity index is 603. The summed E-state index contributed by atoms with van der Waals surface area (Å²) in [5, 5.41) is 9.93. The number of ether oxygens (including phenoxy) is 1. The molecule has 124 valence electrons. The molecule has 2 aromatic rings. The number of nitrogens with zero attached hydrogens (tertiary/aromatic N) is 3. The number of hydrogen-bond acceptors (Lipinski definition) is 5. The molecule has 1 aromatic carbocycles. The first-order chi connectivity index (χ1) is 11.1. The van der Waals surface area contributed by atoms with Gasteiger partial charge in [0.05, 0.1) is 12.4 Å². The SMILES string of the molecule is CN(CCCCO)c1ncc(OCc2c(Cl)cccc2Cl)cn1. The largest absolute Gasteiger partial charge is 0.486 e. The minimum absolute atomic E-state index is 0.200. The first-order valence-corrected chi connectivity index (χ1v) is 8.07. The number of aliphatic hydroxyl groups is 1. The fraction of sp³-hybridized carbons (Fsp3) is 0.375. The van der Waals surface area contributed by atoms with Crippen molar-refractivity contribution in [1.29, 1.82) is 0 Å². The average Bonchev–Trinajstić information content (AvgIpc) is 2.55. The molecule has 0 saturated heterocycles. The van der Waals surface area contributed by atoms with E-state index in [-0.39, 0.29) is 13.2 Å². The summed E-state index contributed by atoms with van der Waals surface area (Å²) in [5.74, 6) is 1.17. The third-order valence-corrected chi connectivity index (χ3v) is 4.01. The van der Waals surface area contributed by atoms with Gasteiger partial charge in [-0.15, -0.1) is 0 Å². The van der Waals surface area contributed by atoms with Crippen LogP contribution in [0.3, 0.4) is 0 Å². The van der Waals surface area contributed by atoms with Crippen molar-refractivity contribution in [1.82, 2.24) is 9.97 Å². The second kappa shape index (κ2) is 8.91. The molecule has 0 aliphatic rings. The number of benzene rings is 1. The van der Waals surface area contributed by atoms with Gasteiger partial charge in [0.25, 0.3) is 0 Å². The molecule has 0 amide bonds. The Hall–Kier alpha value is -1.56. The third-order valence-electron chi connectivity index (χ3n) is 3.30. The normalized spacial score (nSPS) is 10.6. The standard InChI is InChI=1S/C16H19Cl2N3O2/c1-21(7-2-3-8-22)16-19-9-12(10-20-16)23-11-13-14(17)5-4-6-15(13)18/h4-6,9-10,22H,2-3,7-8,11H2,1H3. The van der Waals surface area contributed by atoms with Gasteiger partial charge in [-0.05, 0) is 25.0 Å². The molecule has 7 heteroatoms. The molecule has 0 aliphatic carbocycles. The molecule has 0 fully saturated rings. The predicted molar refractivity (Wildman–Crippen MR) is 92.4 cm³/mol. The Morgan fingerprint density at radius 3 is 2.39 bits per heavy atom. The molecule has 0 unspecified atom stereocenters. The molecule has 1 aromatic heterocycles.